The third-order valence-electron chi connectivity index (χ3n) is 3.41. The third kappa shape index (κ3) is 4.08. The maximum atomic E-state index is 12.4. The van der Waals surface area contributed by atoms with Gasteiger partial charge >= 0.3 is 5.97 Å². The zero-order valence-electron chi connectivity index (χ0n) is 11.6. The summed E-state index contributed by atoms with van der Waals surface area (Å²) in [6.45, 7) is 3.19. The van der Waals surface area contributed by atoms with Crippen molar-refractivity contribution in [3.63, 3.8) is 0 Å². The van der Waals surface area contributed by atoms with Crippen molar-refractivity contribution >= 4 is 35.1 Å². The molecule has 0 bridgehead atoms. The Bertz CT molecular complexity index is 523. The molecular weight excluding hydrogens is 315 g/mol. The molecule has 1 aromatic rings. The number of hydrogen-bond donors (Lipinski definition) is 0. The highest BCUT2D eigenvalue weighted by Gasteiger charge is 2.28. The molecule has 1 aliphatic heterocycles. The number of esters is 1. The Kier molecular flexibility index (Phi) is 5.42. The number of carbonyl (C=O) groups excluding carboxylic acids is 2. The molecule has 2 rings (SSSR count). The van der Waals surface area contributed by atoms with Crippen molar-refractivity contribution in [2.75, 3.05) is 19.7 Å². The lowest BCUT2D eigenvalue weighted by Gasteiger charge is -2.31. The number of piperidine rings is 1. The first-order chi connectivity index (χ1) is 10.0. The Balaban J connectivity index is 1.98. The van der Waals surface area contributed by atoms with Crippen LogP contribution in [0.15, 0.2) is 12.1 Å². The molecule has 1 aliphatic rings. The number of halogens is 2. The molecule has 0 aliphatic carbocycles. The van der Waals surface area contributed by atoms with Gasteiger partial charge in [0.25, 0.3) is 5.91 Å². The molecule has 1 amide bonds. The van der Waals surface area contributed by atoms with Crippen LogP contribution in [0.5, 0.6) is 0 Å². The van der Waals surface area contributed by atoms with Gasteiger partial charge in [0.1, 0.15) is 10.3 Å². The number of likely N-dealkylation sites (tertiary alicyclic amines) is 1. The van der Waals surface area contributed by atoms with Gasteiger partial charge in [0.2, 0.25) is 0 Å². The monoisotopic (exact) mass is 330 g/mol. The van der Waals surface area contributed by atoms with Gasteiger partial charge in [-0.3, -0.25) is 9.59 Å². The molecule has 1 fully saturated rings. The smallest absolute Gasteiger partial charge is 0.309 e. The highest BCUT2D eigenvalue weighted by molar-refractivity contribution is 6.33. The predicted octanol–water partition coefficient (Wildman–Crippen LogP) is 2.80. The van der Waals surface area contributed by atoms with Crippen LogP contribution < -0.4 is 0 Å². The minimum atomic E-state index is -0.181. The van der Waals surface area contributed by atoms with Crippen LogP contribution in [0.4, 0.5) is 0 Å². The van der Waals surface area contributed by atoms with Crippen LogP contribution in [-0.4, -0.2) is 41.5 Å². The Morgan fingerprint density at radius 1 is 1.29 bits per heavy atom. The van der Waals surface area contributed by atoms with Crippen LogP contribution in [0.2, 0.25) is 10.3 Å². The highest BCUT2D eigenvalue weighted by Crippen LogP contribution is 2.22. The van der Waals surface area contributed by atoms with Gasteiger partial charge in [0.05, 0.1) is 12.5 Å². The molecule has 0 atom stereocenters. The molecule has 0 aromatic carbocycles. The molecule has 114 valence electrons. The van der Waals surface area contributed by atoms with Gasteiger partial charge in [-0.15, -0.1) is 0 Å². The average molecular weight is 331 g/mol. The van der Waals surface area contributed by atoms with Crippen molar-refractivity contribution in [1.82, 2.24) is 9.88 Å². The number of hydrogen-bond acceptors (Lipinski definition) is 4. The lowest BCUT2D eigenvalue weighted by molar-refractivity contribution is -0.149. The Morgan fingerprint density at radius 2 is 1.86 bits per heavy atom. The number of amides is 1. The summed E-state index contributed by atoms with van der Waals surface area (Å²) in [5.74, 6) is -0.457. The number of aromatic nitrogens is 1. The van der Waals surface area contributed by atoms with Gasteiger partial charge in [0.15, 0.2) is 0 Å². The van der Waals surface area contributed by atoms with E-state index < -0.39 is 0 Å². The zero-order valence-corrected chi connectivity index (χ0v) is 13.2. The summed E-state index contributed by atoms with van der Waals surface area (Å²) in [7, 11) is 0. The number of rotatable bonds is 3. The number of pyridine rings is 1. The molecule has 0 N–H and O–H groups in total. The molecule has 0 saturated carbocycles. The summed E-state index contributed by atoms with van der Waals surface area (Å²) in [4.78, 5) is 29.5. The molecule has 7 heteroatoms. The van der Waals surface area contributed by atoms with E-state index >= 15 is 0 Å². The normalized spacial score (nSPS) is 15.9. The second-order valence-corrected chi connectivity index (χ2v) is 5.59. The Morgan fingerprint density at radius 3 is 2.38 bits per heavy atom. The maximum Gasteiger partial charge on any atom is 0.309 e. The fourth-order valence-corrected chi connectivity index (χ4v) is 2.81. The van der Waals surface area contributed by atoms with E-state index in [-0.39, 0.29) is 28.1 Å². The summed E-state index contributed by atoms with van der Waals surface area (Å²) in [6.07, 6.45) is 1.22. The first-order valence-corrected chi connectivity index (χ1v) is 7.56. The van der Waals surface area contributed by atoms with Gasteiger partial charge in [-0.25, -0.2) is 4.98 Å². The zero-order chi connectivity index (χ0) is 15.4. The largest absolute Gasteiger partial charge is 0.466 e. The number of ether oxygens (including phenoxy) is 1. The standard InChI is InChI=1S/C14H16Cl2N2O3/c1-2-21-14(20)9-3-5-18(6-4-9)13(19)10-7-11(15)17-12(16)8-10/h7-9H,2-6H2,1H3. The topological polar surface area (TPSA) is 59.5 Å². The Hall–Kier alpha value is -1.33. The average Bonchev–Trinajstić information content (AvgIpc) is 2.46. The van der Waals surface area contributed by atoms with Crippen LogP contribution in [0.3, 0.4) is 0 Å². The molecule has 1 aromatic heterocycles. The van der Waals surface area contributed by atoms with Gasteiger partial charge in [-0.1, -0.05) is 23.2 Å². The lowest BCUT2D eigenvalue weighted by atomic mass is 9.96. The molecule has 2 heterocycles. The van der Waals surface area contributed by atoms with Crippen molar-refractivity contribution in [2.45, 2.75) is 19.8 Å². The van der Waals surface area contributed by atoms with Crippen LogP contribution >= 0.6 is 23.2 Å². The number of nitrogens with zero attached hydrogens (tertiary/aromatic N) is 2. The van der Waals surface area contributed by atoms with Crippen molar-refractivity contribution in [1.29, 1.82) is 0 Å². The van der Waals surface area contributed by atoms with E-state index in [1.54, 1.807) is 11.8 Å². The van der Waals surface area contributed by atoms with Crippen LogP contribution in [0, 0.1) is 5.92 Å². The molecule has 21 heavy (non-hydrogen) atoms. The van der Waals surface area contributed by atoms with Gasteiger partial charge in [0, 0.05) is 18.7 Å². The quantitative estimate of drug-likeness (QED) is 0.631. The molecule has 0 spiro atoms. The third-order valence-corrected chi connectivity index (χ3v) is 3.80. The molecular formula is C14H16Cl2N2O3. The summed E-state index contributed by atoms with van der Waals surface area (Å²) in [5.41, 5.74) is 0.412. The minimum absolute atomic E-state index is 0.126. The van der Waals surface area contributed by atoms with E-state index in [1.807, 2.05) is 0 Å². The lowest BCUT2D eigenvalue weighted by Crippen LogP contribution is -2.40. The van der Waals surface area contributed by atoms with E-state index in [9.17, 15) is 9.59 Å². The number of carbonyl (C=O) groups is 2. The second kappa shape index (κ2) is 7.09. The fourth-order valence-electron chi connectivity index (χ4n) is 2.35. The van der Waals surface area contributed by atoms with E-state index in [2.05, 4.69) is 4.98 Å². The first-order valence-electron chi connectivity index (χ1n) is 6.80. The fraction of sp³-hybridized carbons (Fsp3) is 0.500. The van der Waals surface area contributed by atoms with Crippen LogP contribution in [0.25, 0.3) is 0 Å². The van der Waals surface area contributed by atoms with Crippen molar-refractivity contribution in [3.05, 3.63) is 28.0 Å². The van der Waals surface area contributed by atoms with Crippen LogP contribution in [0.1, 0.15) is 30.1 Å². The first kappa shape index (κ1) is 16.0. The van der Waals surface area contributed by atoms with Crippen molar-refractivity contribution < 1.29 is 14.3 Å². The van der Waals surface area contributed by atoms with E-state index in [0.717, 1.165) is 0 Å². The molecule has 1 saturated heterocycles. The predicted molar refractivity (Wildman–Crippen MR) is 79.5 cm³/mol. The van der Waals surface area contributed by atoms with E-state index in [0.29, 0.717) is 38.1 Å². The van der Waals surface area contributed by atoms with Crippen LogP contribution in [-0.2, 0) is 9.53 Å². The minimum Gasteiger partial charge on any atom is -0.466 e. The van der Waals surface area contributed by atoms with Gasteiger partial charge in [-0.05, 0) is 31.9 Å². The maximum absolute atomic E-state index is 12.4. The van der Waals surface area contributed by atoms with Gasteiger partial charge < -0.3 is 9.64 Å². The van der Waals surface area contributed by atoms with Gasteiger partial charge in [-0.2, -0.15) is 0 Å². The highest BCUT2D eigenvalue weighted by atomic mass is 35.5. The van der Waals surface area contributed by atoms with Crippen molar-refractivity contribution in [2.24, 2.45) is 5.92 Å². The molecule has 0 unspecified atom stereocenters. The second-order valence-electron chi connectivity index (χ2n) is 4.82. The van der Waals surface area contributed by atoms with Crippen molar-refractivity contribution in [3.8, 4) is 0 Å². The molecule has 0 radical (unpaired) electrons. The summed E-state index contributed by atoms with van der Waals surface area (Å²) in [5, 5.41) is 0.375. The van der Waals surface area contributed by atoms with E-state index in [4.69, 9.17) is 27.9 Å². The summed E-state index contributed by atoms with van der Waals surface area (Å²) >= 11 is 11.6. The van der Waals surface area contributed by atoms with E-state index in [1.165, 1.54) is 12.1 Å². The summed E-state index contributed by atoms with van der Waals surface area (Å²) in [6, 6.07) is 2.99. The summed E-state index contributed by atoms with van der Waals surface area (Å²) < 4.78 is 5.01. The molecule has 5 nitrogen and oxygen atoms in total. The SMILES string of the molecule is CCOC(=O)C1CCN(C(=O)c2cc(Cl)nc(Cl)c2)CC1. The Labute approximate surface area is 133 Å².